The van der Waals surface area contributed by atoms with Gasteiger partial charge in [-0.05, 0) is 30.6 Å². The topological polar surface area (TPSA) is 55.2 Å². The summed E-state index contributed by atoms with van der Waals surface area (Å²) in [6.07, 6.45) is 0. The molecular formula is C6H6ClN3O. The first-order valence-corrected chi connectivity index (χ1v) is 3.37. The molecule has 0 aliphatic carbocycles. The Balaban J connectivity index is 3.36. The average molecular weight is 172 g/mol. The molecule has 5 heteroatoms. The van der Waals surface area contributed by atoms with Gasteiger partial charge in [-0.15, -0.1) is 4.91 Å². The molecule has 0 aromatic carbocycles. The maximum Gasteiger partial charge on any atom is 0.222 e. The normalized spacial score (nSPS) is 9.73. The van der Waals surface area contributed by atoms with Gasteiger partial charge in [0, 0.05) is 0 Å². The molecule has 1 aromatic heterocycles. The smallest absolute Gasteiger partial charge is 0.221 e. The van der Waals surface area contributed by atoms with Gasteiger partial charge in [0.25, 0.3) is 0 Å². The zero-order valence-electron chi connectivity index (χ0n) is 6.13. The molecule has 11 heavy (non-hydrogen) atoms. The average Bonchev–Trinajstić information content (AvgIpc) is 1.85. The van der Waals surface area contributed by atoms with Crippen LogP contribution in [0, 0.1) is 18.8 Å². The number of nitrogens with zero attached hydrogens (tertiary/aromatic N) is 3. The van der Waals surface area contributed by atoms with Gasteiger partial charge in [0.2, 0.25) is 5.28 Å². The number of hydrogen-bond donors (Lipinski definition) is 0. The summed E-state index contributed by atoms with van der Waals surface area (Å²) in [6, 6.07) is 0. The van der Waals surface area contributed by atoms with Crippen molar-refractivity contribution < 1.29 is 0 Å². The summed E-state index contributed by atoms with van der Waals surface area (Å²) in [5.74, 6) is 0. The fourth-order valence-corrected chi connectivity index (χ4v) is 1.06. The maximum absolute atomic E-state index is 10.2. The van der Waals surface area contributed by atoms with Crippen LogP contribution in [0.4, 0.5) is 5.69 Å². The summed E-state index contributed by atoms with van der Waals surface area (Å²) < 4.78 is 0. The van der Waals surface area contributed by atoms with Gasteiger partial charge >= 0.3 is 0 Å². The van der Waals surface area contributed by atoms with Crippen molar-refractivity contribution in [2.24, 2.45) is 5.18 Å². The molecule has 1 aromatic rings. The zero-order chi connectivity index (χ0) is 8.43. The standard InChI is InChI=1S/C6H6ClN3O/c1-3-5(10-11)4(2)9-6(7)8-3/h1-2H3. The van der Waals surface area contributed by atoms with Crippen LogP contribution in [-0.4, -0.2) is 9.97 Å². The Hall–Kier alpha value is -1.03. The number of rotatable bonds is 1. The highest BCUT2D eigenvalue weighted by Gasteiger charge is 2.06. The van der Waals surface area contributed by atoms with Crippen molar-refractivity contribution in [3.05, 3.63) is 21.6 Å². The van der Waals surface area contributed by atoms with Gasteiger partial charge in [-0.25, -0.2) is 9.97 Å². The van der Waals surface area contributed by atoms with E-state index < -0.39 is 0 Å². The van der Waals surface area contributed by atoms with Crippen molar-refractivity contribution in [1.82, 2.24) is 9.97 Å². The third-order valence-electron chi connectivity index (χ3n) is 1.30. The van der Waals surface area contributed by atoms with Crippen molar-refractivity contribution in [3.8, 4) is 0 Å². The maximum atomic E-state index is 10.2. The molecule has 0 radical (unpaired) electrons. The van der Waals surface area contributed by atoms with Crippen LogP contribution in [0.5, 0.6) is 0 Å². The van der Waals surface area contributed by atoms with Crippen LogP contribution in [0.3, 0.4) is 0 Å². The fourth-order valence-electron chi connectivity index (χ4n) is 0.802. The van der Waals surface area contributed by atoms with E-state index in [-0.39, 0.29) is 11.0 Å². The van der Waals surface area contributed by atoms with E-state index in [1.54, 1.807) is 13.8 Å². The van der Waals surface area contributed by atoms with Crippen molar-refractivity contribution in [1.29, 1.82) is 0 Å². The van der Waals surface area contributed by atoms with Gasteiger partial charge in [-0.2, -0.15) is 0 Å². The van der Waals surface area contributed by atoms with E-state index in [0.717, 1.165) is 0 Å². The number of hydrogen-bond acceptors (Lipinski definition) is 4. The monoisotopic (exact) mass is 171 g/mol. The second kappa shape index (κ2) is 2.92. The molecule has 0 atom stereocenters. The third kappa shape index (κ3) is 1.51. The van der Waals surface area contributed by atoms with Gasteiger partial charge in [0.15, 0.2) is 0 Å². The van der Waals surface area contributed by atoms with Gasteiger partial charge < -0.3 is 0 Å². The lowest BCUT2D eigenvalue weighted by Crippen LogP contribution is -1.90. The highest BCUT2D eigenvalue weighted by atomic mass is 35.5. The van der Waals surface area contributed by atoms with Crippen LogP contribution in [0.15, 0.2) is 5.18 Å². The summed E-state index contributed by atoms with van der Waals surface area (Å²) in [7, 11) is 0. The highest BCUT2D eigenvalue weighted by Crippen LogP contribution is 2.20. The van der Waals surface area contributed by atoms with E-state index in [0.29, 0.717) is 11.4 Å². The van der Waals surface area contributed by atoms with E-state index in [1.807, 2.05) is 0 Å². The van der Waals surface area contributed by atoms with Gasteiger partial charge in [0.05, 0.1) is 11.4 Å². The Morgan fingerprint density at radius 2 is 1.73 bits per heavy atom. The number of halogens is 1. The van der Waals surface area contributed by atoms with E-state index in [9.17, 15) is 4.91 Å². The van der Waals surface area contributed by atoms with Gasteiger partial charge in [0.1, 0.15) is 5.69 Å². The molecule has 0 fully saturated rings. The van der Waals surface area contributed by atoms with Crippen molar-refractivity contribution in [2.75, 3.05) is 0 Å². The quantitative estimate of drug-likeness (QED) is 0.481. The zero-order valence-corrected chi connectivity index (χ0v) is 6.88. The SMILES string of the molecule is Cc1nc(Cl)nc(C)c1N=O. The van der Waals surface area contributed by atoms with E-state index >= 15 is 0 Å². The summed E-state index contributed by atoms with van der Waals surface area (Å²) in [5.41, 5.74) is 1.30. The van der Waals surface area contributed by atoms with Crippen LogP contribution >= 0.6 is 11.6 Å². The van der Waals surface area contributed by atoms with Crippen LogP contribution in [0.1, 0.15) is 11.4 Å². The Morgan fingerprint density at radius 1 is 1.27 bits per heavy atom. The second-order valence-electron chi connectivity index (χ2n) is 2.10. The number of aryl methyl sites for hydroxylation is 2. The molecule has 1 rings (SSSR count). The van der Waals surface area contributed by atoms with Crippen molar-refractivity contribution in [3.63, 3.8) is 0 Å². The molecule has 4 nitrogen and oxygen atoms in total. The second-order valence-corrected chi connectivity index (χ2v) is 2.44. The molecule has 0 spiro atoms. The van der Waals surface area contributed by atoms with E-state index in [4.69, 9.17) is 11.6 Å². The summed E-state index contributed by atoms with van der Waals surface area (Å²) in [4.78, 5) is 17.7. The minimum absolute atomic E-state index is 0.146. The lowest BCUT2D eigenvalue weighted by molar-refractivity contribution is 1.05. The van der Waals surface area contributed by atoms with Crippen LogP contribution < -0.4 is 0 Å². The molecule has 0 bridgehead atoms. The van der Waals surface area contributed by atoms with Gasteiger partial charge in [-0.3, -0.25) is 0 Å². The molecule has 0 N–H and O–H groups in total. The number of aromatic nitrogens is 2. The predicted molar refractivity (Wildman–Crippen MR) is 42.0 cm³/mol. The summed E-state index contributed by atoms with van der Waals surface area (Å²) in [5, 5.41) is 2.92. The Morgan fingerprint density at radius 3 is 2.09 bits per heavy atom. The van der Waals surface area contributed by atoms with Crippen molar-refractivity contribution in [2.45, 2.75) is 13.8 Å². The molecule has 0 aliphatic rings. The summed E-state index contributed by atoms with van der Waals surface area (Å²) >= 11 is 5.51. The Kier molecular flexibility index (Phi) is 2.14. The highest BCUT2D eigenvalue weighted by molar-refractivity contribution is 6.28. The van der Waals surface area contributed by atoms with Crippen LogP contribution in [-0.2, 0) is 0 Å². The summed E-state index contributed by atoms with van der Waals surface area (Å²) in [6.45, 7) is 3.33. The minimum atomic E-state index is 0.146. The molecule has 1 heterocycles. The van der Waals surface area contributed by atoms with Crippen LogP contribution in [0.2, 0.25) is 5.28 Å². The lowest BCUT2D eigenvalue weighted by Gasteiger charge is -1.98. The largest absolute Gasteiger partial charge is 0.222 e. The van der Waals surface area contributed by atoms with Crippen LogP contribution in [0.25, 0.3) is 0 Å². The fraction of sp³-hybridized carbons (Fsp3) is 0.333. The van der Waals surface area contributed by atoms with Gasteiger partial charge in [-0.1, -0.05) is 0 Å². The Labute approximate surface area is 68.6 Å². The predicted octanol–water partition coefficient (Wildman–Crippen LogP) is 2.14. The minimum Gasteiger partial charge on any atom is -0.221 e. The molecule has 0 saturated heterocycles. The molecule has 58 valence electrons. The molecule has 0 amide bonds. The number of nitroso groups, excluding NO2 is 1. The first kappa shape index (κ1) is 8.07. The van der Waals surface area contributed by atoms with E-state index in [2.05, 4.69) is 15.1 Å². The molecule has 0 aliphatic heterocycles. The first-order chi connectivity index (χ1) is 5.15. The molecule has 0 saturated carbocycles. The third-order valence-corrected chi connectivity index (χ3v) is 1.47. The lowest BCUT2D eigenvalue weighted by atomic mass is 10.3. The molecular weight excluding hydrogens is 166 g/mol. The first-order valence-electron chi connectivity index (χ1n) is 2.99. The molecule has 0 unspecified atom stereocenters. The van der Waals surface area contributed by atoms with Crippen molar-refractivity contribution >= 4 is 17.3 Å². The van der Waals surface area contributed by atoms with E-state index in [1.165, 1.54) is 0 Å². The Bertz CT molecular complexity index is 277.